The summed E-state index contributed by atoms with van der Waals surface area (Å²) in [6, 6.07) is 2.31. The molecular formula is C11H15N3O. The third-order valence-corrected chi connectivity index (χ3v) is 3.35. The van der Waals surface area contributed by atoms with Crippen LogP contribution < -0.4 is 0 Å². The number of ketones is 1. The number of fused-ring (bicyclic) bond motifs is 1. The van der Waals surface area contributed by atoms with Crippen LogP contribution in [-0.2, 0) is 4.79 Å². The van der Waals surface area contributed by atoms with E-state index in [-0.39, 0.29) is 18.1 Å². The Morgan fingerprint density at radius 2 is 2.33 bits per heavy atom. The first-order chi connectivity index (χ1) is 7.24. The first kappa shape index (κ1) is 10.2. The van der Waals surface area contributed by atoms with Gasteiger partial charge in [-0.3, -0.25) is 9.80 Å². The molecule has 0 radical (unpaired) electrons. The summed E-state index contributed by atoms with van der Waals surface area (Å²) < 4.78 is 0. The highest BCUT2D eigenvalue weighted by molar-refractivity contribution is 6.41. The van der Waals surface area contributed by atoms with Crippen molar-refractivity contribution in [3.8, 4) is 6.07 Å². The summed E-state index contributed by atoms with van der Waals surface area (Å²) in [7, 11) is 1.93. The van der Waals surface area contributed by atoms with Crippen molar-refractivity contribution < 1.29 is 4.79 Å². The van der Waals surface area contributed by atoms with Crippen LogP contribution >= 0.6 is 0 Å². The Kier molecular flexibility index (Phi) is 2.72. The molecule has 1 aliphatic carbocycles. The van der Waals surface area contributed by atoms with Crippen molar-refractivity contribution in [3.05, 3.63) is 0 Å². The van der Waals surface area contributed by atoms with Crippen LogP contribution in [-0.4, -0.2) is 29.6 Å². The Morgan fingerprint density at radius 3 is 3.07 bits per heavy atom. The van der Waals surface area contributed by atoms with Gasteiger partial charge in [-0.1, -0.05) is 12.8 Å². The van der Waals surface area contributed by atoms with Gasteiger partial charge in [0.2, 0.25) is 0 Å². The maximum atomic E-state index is 11.7. The number of rotatable bonds is 2. The van der Waals surface area contributed by atoms with Gasteiger partial charge in [-0.2, -0.15) is 10.4 Å². The minimum absolute atomic E-state index is 0.0319. The second-order valence-electron chi connectivity index (χ2n) is 4.28. The predicted octanol–water partition coefficient (Wildman–Crippen LogP) is 1.33. The molecule has 0 spiro atoms. The summed E-state index contributed by atoms with van der Waals surface area (Å²) in [5.74, 6) is 0.198. The number of nitrogens with zero attached hydrogens (tertiary/aromatic N) is 3. The van der Waals surface area contributed by atoms with Crippen molar-refractivity contribution in [1.82, 2.24) is 5.01 Å². The standard InChI is InChI=1S/C11H15N3O/c1-14-9-5-3-2-4-8(9)11(13-14)10(15)6-7-12/h8-9H,2-6H2,1H3. The molecule has 1 saturated carbocycles. The lowest BCUT2D eigenvalue weighted by molar-refractivity contribution is -0.112. The van der Waals surface area contributed by atoms with Crippen molar-refractivity contribution in [1.29, 1.82) is 5.26 Å². The van der Waals surface area contributed by atoms with E-state index in [1.807, 2.05) is 18.1 Å². The number of hydrazone groups is 1. The number of carbonyl (C=O) groups excluding carboxylic acids is 1. The van der Waals surface area contributed by atoms with Gasteiger partial charge >= 0.3 is 0 Å². The number of nitriles is 1. The summed E-state index contributed by atoms with van der Waals surface area (Å²) in [5.41, 5.74) is 0.642. The molecule has 1 heterocycles. The molecule has 2 aliphatic rings. The molecule has 0 aromatic heterocycles. The quantitative estimate of drug-likeness (QED) is 0.683. The Balaban J connectivity index is 2.15. The average molecular weight is 205 g/mol. The van der Waals surface area contributed by atoms with E-state index in [4.69, 9.17) is 5.26 Å². The number of carbonyl (C=O) groups is 1. The fourth-order valence-electron chi connectivity index (χ4n) is 2.62. The molecule has 4 heteroatoms. The van der Waals surface area contributed by atoms with Gasteiger partial charge in [0.05, 0.1) is 18.5 Å². The maximum absolute atomic E-state index is 11.7. The molecule has 80 valence electrons. The van der Waals surface area contributed by atoms with Gasteiger partial charge < -0.3 is 0 Å². The molecule has 2 unspecified atom stereocenters. The molecule has 4 nitrogen and oxygen atoms in total. The summed E-state index contributed by atoms with van der Waals surface area (Å²) >= 11 is 0. The normalized spacial score (nSPS) is 29.3. The van der Waals surface area contributed by atoms with E-state index < -0.39 is 0 Å². The van der Waals surface area contributed by atoms with Crippen LogP contribution in [0.4, 0.5) is 0 Å². The largest absolute Gasteiger partial charge is 0.296 e. The van der Waals surface area contributed by atoms with Crippen molar-refractivity contribution in [2.75, 3.05) is 7.05 Å². The zero-order chi connectivity index (χ0) is 10.8. The summed E-state index contributed by atoms with van der Waals surface area (Å²) in [4.78, 5) is 11.7. The molecule has 0 N–H and O–H groups in total. The van der Waals surface area contributed by atoms with Crippen LogP contribution in [0.3, 0.4) is 0 Å². The molecule has 15 heavy (non-hydrogen) atoms. The Labute approximate surface area is 89.6 Å². The molecule has 0 saturated heterocycles. The van der Waals surface area contributed by atoms with Gasteiger partial charge in [0, 0.05) is 13.0 Å². The van der Waals surface area contributed by atoms with Crippen LogP contribution in [0.1, 0.15) is 32.1 Å². The highest BCUT2D eigenvalue weighted by Crippen LogP contribution is 2.33. The lowest BCUT2D eigenvalue weighted by Gasteiger charge is -2.29. The van der Waals surface area contributed by atoms with Crippen LogP contribution in [0.2, 0.25) is 0 Å². The number of hydrogen-bond donors (Lipinski definition) is 0. The van der Waals surface area contributed by atoms with E-state index in [2.05, 4.69) is 5.10 Å². The van der Waals surface area contributed by atoms with Crippen molar-refractivity contribution in [2.45, 2.75) is 38.1 Å². The topological polar surface area (TPSA) is 56.5 Å². The summed E-state index contributed by atoms with van der Waals surface area (Å²) in [6.45, 7) is 0. The lowest BCUT2D eigenvalue weighted by atomic mass is 9.81. The first-order valence-corrected chi connectivity index (χ1v) is 5.45. The highest BCUT2D eigenvalue weighted by atomic mass is 16.1. The van der Waals surface area contributed by atoms with Gasteiger partial charge in [-0.25, -0.2) is 0 Å². The Morgan fingerprint density at radius 1 is 1.60 bits per heavy atom. The summed E-state index contributed by atoms with van der Waals surface area (Å²) in [6.07, 6.45) is 4.53. The molecule has 1 aliphatic heterocycles. The molecule has 0 aromatic rings. The fraction of sp³-hybridized carbons (Fsp3) is 0.727. The molecule has 0 aromatic carbocycles. The monoisotopic (exact) mass is 205 g/mol. The van der Waals surface area contributed by atoms with Crippen molar-refractivity contribution >= 4 is 11.5 Å². The zero-order valence-corrected chi connectivity index (χ0v) is 8.94. The minimum atomic E-state index is -0.0845. The number of hydrogen-bond acceptors (Lipinski definition) is 4. The average Bonchev–Trinajstić information content (AvgIpc) is 2.58. The predicted molar refractivity (Wildman–Crippen MR) is 56.2 cm³/mol. The van der Waals surface area contributed by atoms with Gasteiger partial charge in [-0.15, -0.1) is 0 Å². The van der Waals surface area contributed by atoms with Crippen LogP contribution in [0.5, 0.6) is 0 Å². The Bertz CT molecular complexity index is 342. The molecule has 2 atom stereocenters. The van der Waals surface area contributed by atoms with E-state index in [0.717, 1.165) is 12.8 Å². The van der Waals surface area contributed by atoms with Crippen LogP contribution in [0.25, 0.3) is 0 Å². The molecule has 0 amide bonds. The third kappa shape index (κ3) is 1.74. The van der Waals surface area contributed by atoms with Crippen molar-refractivity contribution in [3.63, 3.8) is 0 Å². The molecule has 0 bridgehead atoms. The maximum Gasteiger partial charge on any atom is 0.193 e. The SMILES string of the molecule is CN1N=C(C(=O)CC#N)C2CCCCC21. The number of Topliss-reactive ketones (excluding diaryl/α,β-unsaturated/α-hetero) is 1. The first-order valence-electron chi connectivity index (χ1n) is 5.45. The third-order valence-electron chi connectivity index (χ3n) is 3.35. The molecule has 1 fully saturated rings. The van der Waals surface area contributed by atoms with Crippen LogP contribution in [0, 0.1) is 17.2 Å². The molecule has 2 rings (SSSR count). The van der Waals surface area contributed by atoms with E-state index in [1.54, 1.807) is 0 Å². The van der Waals surface area contributed by atoms with Gasteiger partial charge in [-0.05, 0) is 12.8 Å². The van der Waals surface area contributed by atoms with Crippen LogP contribution in [0.15, 0.2) is 5.10 Å². The van der Waals surface area contributed by atoms with Gasteiger partial charge in [0.1, 0.15) is 5.71 Å². The van der Waals surface area contributed by atoms with E-state index in [9.17, 15) is 4.79 Å². The highest BCUT2D eigenvalue weighted by Gasteiger charge is 2.39. The molecular weight excluding hydrogens is 190 g/mol. The van der Waals surface area contributed by atoms with E-state index in [1.165, 1.54) is 12.8 Å². The summed E-state index contributed by atoms with van der Waals surface area (Å²) in [5, 5.41) is 14.7. The minimum Gasteiger partial charge on any atom is -0.296 e. The smallest absolute Gasteiger partial charge is 0.193 e. The second-order valence-corrected chi connectivity index (χ2v) is 4.28. The van der Waals surface area contributed by atoms with Crippen molar-refractivity contribution in [2.24, 2.45) is 11.0 Å². The van der Waals surface area contributed by atoms with E-state index >= 15 is 0 Å². The zero-order valence-electron chi connectivity index (χ0n) is 8.94. The van der Waals surface area contributed by atoms with Gasteiger partial charge in [0.25, 0.3) is 0 Å². The lowest BCUT2D eigenvalue weighted by Crippen LogP contribution is -2.35. The fourth-order valence-corrected chi connectivity index (χ4v) is 2.62. The van der Waals surface area contributed by atoms with Gasteiger partial charge in [0.15, 0.2) is 5.78 Å². The van der Waals surface area contributed by atoms with E-state index in [0.29, 0.717) is 11.8 Å². The second kappa shape index (κ2) is 4.01. The Hall–Kier alpha value is -1.37.